The summed E-state index contributed by atoms with van der Waals surface area (Å²) in [7, 11) is 0. The van der Waals surface area contributed by atoms with Gasteiger partial charge in [0.05, 0.1) is 11.0 Å². The number of nitrogens with two attached hydrogens (primary N) is 1. The minimum atomic E-state index is 0.487. The van der Waals surface area contributed by atoms with Crippen LogP contribution in [0.4, 0.5) is 5.82 Å². The van der Waals surface area contributed by atoms with Crippen LogP contribution >= 0.6 is 11.6 Å². The Hall–Kier alpha value is -2.13. The molecule has 2 heterocycles. The van der Waals surface area contributed by atoms with Crippen molar-refractivity contribution >= 4 is 28.5 Å². The number of anilines is 1. The third-order valence-electron chi connectivity index (χ3n) is 2.74. The molecule has 88 valence electrons. The summed E-state index contributed by atoms with van der Waals surface area (Å²) in [6.45, 7) is 0. The van der Waals surface area contributed by atoms with Crippen molar-refractivity contribution in [1.29, 1.82) is 0 Å². The highest BCUT2D eigenvalue weighted by Gasteiger charge is 2.05. The zero-order chi connectivity index (χ0) is 12.5. The second-order valence-corrected chi connectivity index (χ2v) is 4.39. The predicted molar refractivity (Wildman–Crippen MR) is 74.4 cm³/mol. The van der Waals surface area contributed by atoms with Crippen molar-refractivity contribution in [2.24, 2.45) is 0 Å². The van der Waals surface area contributed by atoms with Gasteiger partial charge in [-0.1, -0.05) is 29.8 Å². The lowest BCUT2D eigenvalue weighted by Gasteiger charge is -2.05. The van der Waals surface area contributed by atoms with Gasteiger partial charge < -0.3 is 5.73 Å². The highest BCUT2D eigenvalue weighted by Crippen LogP contribution is 2.28. The van der Waals surface area contributed by atoms with E-state index in [1.807, 2.05) is 36.4 Å². The van der Waals surface area contributed by atoms with Crippen LogP contribution in [-0.2, 0) is 0 Å². The van der Waals surface area contributed by atoms with Crippen molar-refractivity contribution in [3.05, 3.63) is 53.7 Å². The van der Waals surface area contributed by atoms with Crippen LogP contribution < -0.4 is 5.73 Å². The Morgan fingerprint density at radius 2 is 1.83 bits per heavy atom. The van der Waals surface area contributed by atoms with Gasteiger partial charge >= 0.3 is 0 Å². The van der Waals surface area contributed by atoms with Crippen LogP contribution in [0.25, 0.3) is 22.2 Å². The summed E-state index contributed by atoms with van der Waals surface area (Å²) in [6, 6.07) is 13.2. The number of halogens is 1. The summed E-state index contributed by atoms with van der Waals surface area (Å²) in [4.78, 5) is 8.63. The minimum absolute atomic E-state index is 0.487. The van der Waals surface area contributed by atoms with E-state index in [9.17, 15) is 0 Å². The lowest BCUT2D eigenvalue weighted by molar-refractivity contribution is 1.34. The van der Waals surface area contributed by atoms with E-state index in [0.717, 1.165) is 22.2 Å². The van der Waals surface area contributed by atoms with Gasteiger partial charge in [0, 0.05) is 22.3 Å². The van der Waals surface area contributed by atoms with Crippen LogP contribution in [0.5, 0.6) is 0 Å². The molecule has 0 saturated carbocycles. The molecule has 0 spiro atoms. The molecule has 0 atom stereocenters. The molecule has 18 heavy (non-hydrogen) atoms. The van der Waals surface area contributed by atoms with E-state index in [4.69, 9.17) is 17.3 Å². The molecular weight excluding hydrogens is 246 g/mol. The molecule has 0 bridgehead atoms. The maximum atomic E-state index is 6.17. The number of rotatable bonds is 1. The molecule has 0 aliphatic heterocycles. The summed E-state index contributed by atoms with van der Waals surface area (Å²) < 4.78 is 0. The number of hydrogen-bond acceptors (Lipinski definition) is 3. The van der Waals surface area contributed by atoms with Crippen molar-refractivity contribution in [1.82, 2.24) is 9.97 Å². The van der Waals surface area contributed by atoms with E-state index < -0.39 is 0 Å². The van der Waals surface area contributed by atoms with Gasteiger partial charge in [0.2, 0.25) is 0 Å². The van der Waals surface area contributed by atoms with Crippen molar-refractivity contribution in [2.75, 3.05) is 5.73 Å². The Balaban J connectivity index is 2.22. The molecule has 0 radical (unpaired) electrons. The number of benzene rings is 1. The molecule has 0 saturated heterocycles. The van der Waals surface area contributed by atoms with Gasteiger partial charge in [0.15, 0.2) is 0 Å². The Bertz CT molecular complexity index is 725. The molecule has 0 fully saturated rings. The summed E-state index contributed by atoms with van der Waals surface area (Å²) in [6.07, 6.45) is 1.79. The zero-order valence-electron chi connectivity index (χ0n) is 9.47. The molecule has 4 heteroatoms. The Morgan fingerprint density at radius 3 is 2.67 bits per heavy atom. The number of fused-ring (bicyclic) bond motifs is 1. The smallest absolute Gasteiger partial charge is 0.124 e. The van der Waals surface area contributed by atoms with E-state index in [1.165, 1.54) is 0 Å². The van der Waals surface area contributed by atoms with E-state index in [0.29, 0.717) is 10.8 Å². The first-order chi connectivity index (χ1) is 8.74. The Kier molecular flexibility index (Phi) is 2.61. The molecule has 3 nitrogen and oxygen atoms in total. The molecule has 0 unspecified atom stereocenters. The van der Waals surface area contributed by atoms with E-state index >= 15 is 0 Å². The molecule has 2 aromatic heterocycles. The number of aromatic nitrogens is 2. The molecule has 3 aromatic rings. The van der Waals surface area contributed by atoms with E-state index in [-0.39, 0.29) is 0 Å². The molecule has 1 aromatic carbocycles. The second-order valence-electron chi connectivity index (χ2n) is 3.98. The fourth-order valence-corrected chi connectivity index (χ4v) is 2.11. The first kappa shape index (κ1) is 11.0. The highest BCUT2D eigenvalue weighted by atomic mass is 35.5. The summed E-state index contributed by atoms with van der Waals surface area (Å²) in [5, 5.41) is 0.697. The standard InChI is InChI=1S/C14H10ClN3/c15-11-4-2-1-3-10(11)9-7-13-12(17-8-9)5-6-14(16)18-13/h1-8H,(H2,16,18). The van der Waals surface area contributed by atoms with Gasteiger partial charge in [-0.2, -0.15) is 0 Å². The van der Waals surface area contributed by atoms with Crippen LogP contribution in [0.2, 0.25) is 5.02 Å². The minimum Gasteiger partial charge on any atom is -0.384 e. The van der Waals surface area contributed by atoms with Crippen LogP contribution in [-0.4, -0.2) is 9.97 Å². The monoisotopic (exact) mass is 255 g/mol. The summed E-state index contributed by atoms with van der Waals surface area (Å²) in [5.74, 6) is 0.487. The quantitative estimate of drug-likeness (QED) is 0.724. The number of nitrogen functional groups attached to an aromatic ring is 1. The predicted octanol–water partition coefficient (Wildman–Crippen LogP) is 3.53. The third kappa shape index (κ3) is 1.89. The van der Waals surface area contributed by atoms with Gasteiger partial charge in [0.1, 0.15) is 5.82 Å². The fourth-order valence-electron chi connectivity index (χ4n) is 1.86. The van der Waals surface area contributed by atoms with Crippen LogP contribution in [0.15, 0.2) is 48.7 Å². The second kappa shape index (κ2) is 4.27. The van der Waals surface area contributed by atoms with Crippen molar-refractivity contribution in [2.45, 2.75) is 0 Å². The van der Waals surface area contributed by atoms with Gasteiger partial charge in [-0.25, -0.2) is 4.98 Å². The van der Waals surface area contributed by atoms with Gasteiger partial charge in [0.25, 0.3) is 0 Å². The van der Waals surface area contributed by atoms with Crippen molar-refractivity contribution in [3.8, 4) is 11.1 Å². The number of nitrogens with zero attached hydrogens (tertiary/aromatic N) is 2. The molecule has 0 amide bonds. The van der Waals surface area contributed by atoms with Gasteiger partial charge in [-0.15, -0.1) is 0 Å². The molecule has 0 aliphatic rings. The van der Waals surface area contributed by atoms with Crippen LogP contribution in [0.3, 0.4) is 0 Å². The number of hydrogen-bond donors (Lipinski definition) is 1. The highest BCUT2D eigenvalue weighted by molar-refractivity contribution is 6.33. The zero-order valence-corrected chi connectivity index (χ0v) is 10.2. The van der Waals surface area contributed by atoms with E-state index in [2.05, 4.69) is 9.97 Å². The van der Waals surface area contributed by atoms with Crippen LogP contribution in [0, 0.1) is 0 Å². The van der Waals surface area contributed by atoms with Crippen molar-refractivity contribution < 1.29 is 0 Å². The van der Waals surface area contributed by atoms with Gasteiger partial charge in [-0.05, 0) is 24.3 Å². The molecule has 0 aliphatic carbocycles. The topological polar surface area (TPSA) is 51.8 Å². The summed E-state index contributed by atoms with van der Waals surface area (Å²) >= 11 is 6.17. The third-order valence-corrected chi connectivity index (χ3v) is 3.07. The first-order valence-corrected chi connectivity index (χ1v) is 5.89. The first-order valence-electron chi connectivity index (χ1n) is 5.51. The van der Waals surface area contributed by atoms with Crippen LogP contribution in [0.1, 0.15) is 0 Å². The molecular formula is C14H10ClN3. The normalized spacial score (nSPS) is 10.7. The number of pyridine rings is 2. The largest absolute Gasteiger partial charge is 0.384 e. The SMILES string of the molecule is Nc1ccc2ncc(-c3ccccc3Cl)cc2n1. The lowest BCUT2D eigenvalue weighted by Crippen LogP contribution is -1.91. The molecule has 2 N–H and O–H groups in total. The average molecular weight is 256 g/mol. The maximum absolute atomic E-state index is 6.17. The Morgan fingerprint density at radius 1 is 1.00 bits per heavy atom. The Labute approximate surface area is 109 Å². The van der Waals surface area contributed by atoms with Crippen molar-refractivity contribution in [3.63, 3.8) is 0 Å². The maximum Gasteiger partial charge on any atom is 0.124 e. The fraction of sp³-hybridized carbons (Fsp3) is 0. The molecule has 3 rings (SSSR count). The van der Waals surface area contributed by atoms with E-state index in [1.54, 1.807) is 12.3 Å². The van der Waals surface area contributed by atoms with Gasteiger partial charge in [-0.3, -0.25) is 4.98 Å². The lowest BCUT2D eigenvalue weighted by atomic mass is 10.1. The summed E-state index contributed by atoms with van der Waals surface area (Å²) in [5.41, 5.74) is 9.15. The average Bonchev–Trinajstić information content (AvgIpc) is 2.38.